The molecule has 2 amide bonds. The highest BCUT2D eigenvalue weighted by Crippen LogP contribution is 2.16. The van der Waals surface area contributed by atoms with Crippen molar-refractivity contribution in [2.45, 2.75) is 39.8 Å². The van der Waals surface area contributed by atoms with Gasteiger partial charge in [-0.3, -0.25) is 0 Å². The van der Waals surface area contributed by atoms with Gasteiger partial charge < -0.3 is 15.7 Å². The summed E-state index contributed by atoms with van der Waals surface area (Å²) >= 11 is 1.59. The van der Waals surface area contributed by atoms with Crippen molar-refractivity contribution in [2.24, 2.45) is 0 Å². The van der Waals surface area contributed by atoms with Crippen molar-refractivity contribution in [1.82, 2.24) is 15.6 Å². The molecule has 0 radical (unpaired) electrons. The van der Waals surface area contributed by atoms with Gasteiger partial charge in [-0.2, -0.15) is 0 Å². The van der Waals surface area contributed by atoms with Crippen LogP contribution < -0.4 is 10.6 Å². The number of thiazole rings is 1. The Morgan fingerprint density at radius 2 is 2.18 bits per heavy atom. The minimum absolute atomic E-state index is 0.212. The van der Waals surface area contributed by atoms with Crippen molar-refractivity contribution in [1.29, 1.82) is 0 Å². The fourth-order valence-electron chi connectivity index (χ4n) is 1.36. The number of urea groups is 1. The van der Waals surface area contributed by atoms with E-state index in [4.69, 9.17) is 5.11 Å². The lowest BCUT2D eigenvalue weighted by Gasteiger charge is -2.08. The maximum absolute atomic E-state index is 11.4. The summed E-state index contributed by atoms with van der Waals surface area (Å²) in [5.41, 5.74) is 0.969. The Morgan fingerprint density at radius 3 is 2.71 bits per heavy atom. The van der Waals surface area contributed by atoms with E-state index in [0.717, 1.165) is 15.6 Å². The zero-order valence-corrected chi connectivity index (χ0v) is 11.2. The Kier molecular flexibility index (Phi) is 5.37. The number of nitrogens with zero attached hydrogens (tertiary/aromatic N) is 1. The van der Waals surface area contributed by atoms with E-state index in [1.54, 1.807) is 18.3 Å². The molecule has 0 spiro atoms. The summed E-state index contributed by atoms with van der Waals surface area (Å²) in [6.07, 6.45) is 0.174. The maximum atomic E-state index is 11.4. The Hall–Kier alpha value is -1.14. The third-order valence-corrected chi connectivity index (χ3v) is 3.33. The number of aryl methyl sites for hydroxylation is 2. The van der Waals surface area contributed by atoms with E-state index in [0.29, 0.717) is 19.5 Å². The fraction of sp³-hybridized carbons (Fsp3) is 0.636. The molecule has 1 rings (SSSR count). The first-order valence-corrected chi connectivity index (χ1v) is 6.43. The monoisotopic (exact) mass is 257 g/mol. The summed E-state index contributed by atoms with van der Waals surface area (Å²) in [5, 5.41) is 15.5. The van der Waals surface area contributed by atoms with Crippen LogP contribution in [0, 0.1) is 13.8 Å². The van der Waals surface area contributed by atoms with E-state index in [1.165, 1.54) is 0 Å². The van der Waals surface area contributed by atoms with E-state index in [1.807, 2.05) is 13.8 Å². The van der Waals surface area contributed by atoms with Crippen LogP contribution >= 0.6 is 11.3 Å². The SMILES string of the molecule is Cc1nc(C)c(CNC(=O)NCCC(C)O)s1. The molecule has 1 unspecified atom stereocenters. The zero-order valence-electron chi connectivity index (χ0n) is 10.4. The summed E-state index contributed by atoms with van der Waals surface area (Å²) < 4.78 is 0. The smallest absolute Gasteiger partial charge is 0.315 e. The first-order chi connectivity index (χ1) is 7.99. The average Bonchev–Trinajstić information content (AvgIpc) is 2.54. The second-order valence-corrected chi connectivity index (χ2v) is 5.28. The number of hydrogen-bond acceptors (Lipinski definition) is 4. The Morgan fingerprint density at radius 1 is 1.47 bits per heavy atom. The van der Waals surface area contributed by atoms with Gasteiger partial charge in [0.2, 0.25) is 0 Å². The molecule has 0 aromatic carbocycles. The molecule has 3 N–H and O–H groups in total. The van der Waals surface area contributed by atoms with Gasteiger partial charge in [0.05, 0.1) is 23.4 Å². The number of rotatable bonds is 5. The Labute approximate surface area is 105 Å². The summed E-state index contributed by atoms with van der Waals surface area (Å²) in [7, 11) is 0. The minimum atomic E-state index is -0.387. The molecule has 96 valence electrons. The van der Waals surface area contributed by atoms with Crippen LogP contribution in [0.3, 0.4) is 0 Å². The maximum Gasteiger partial charge on any atom is 0.315 e. The van der Waals surface area contributed by atoms with Gasteiger partial charge in [0.25, 0.3) is 0 Å². The second-order valence-electron chi connectivity index (χ2n) is 3.99. The van der Waals surface area contributed by atoms with E-state index >= 15 is 0 Å². The molecule has 0 saturated heterocycles. The van der Waals surface area contributed by atoms with Crippen molar-refractivity contribution in [3.8, 4) is 0 Å². The number of nitrogens with one attached hydrogen (secondary N) is 2. The van der Waals surface area contributed by atoms with Gasteiger partial charge in [-0.25, -0.2) is 9.78 Å². The van der Waals surface area contributed by atoms with Gasteiger partial charge >= 0.3 is 6.03 Å². The molecular weight excluding hydrogens is 238 g/mol. The predicted molar refractivity (Wildman–Crippen MR) is 68.1 cm³/mol. The number of amides is 2. The standard InChI is InChI=1S/C11H19N3O2S/c1-7(15)4-5-12-11(16)13-6-10-8(2)14-9(3)17-10/h7,15H,4-6H2,1-3H3,(H2,12,13,16). The lowest BCUT2D eigenvalue weighted by molar-refractivity contribution is 0.183. The normalized spacial score (nSPS) is 12.2. The average molecular weight is 257 g/mol. The molecule has 1 heterocycles. The topological polar surface area (TPSA) is 74.2 Å². The van der Waals surface area contributed by atoms with Gasteiger partial charge in [-0.05, 0) is 27.2 Å². The number of carbonyl (C=O) groups excluding carboxylic acids is 1. The summed E-state index contributed by atoms with van der Waals surface area (Å²) in [5.74, 6) is 0. The van der Waals surface area contributed by atoms with E-state index in [2.05, 4.69) is 15.6 Å². The predicted octanol–water partition coefficient (Wildman–Crippen LogP) is 1.33. The van der Waals surface area contributed by atoms with Crippen LogP contribution in [0.5, 0.6) is 0 Å². The Bertz CT molecular complexity index is 377. The molecule has 0 aliphatic rings. The van der Waals surface area contributed by atoms with Gasteiger partial charge in [0.15, 0.2) is 0 Å². The highest BCUT2D eigenvalue weighted by atomic mass is 32.1. The first kappa shape index (κ1) is 13.9. The van der Waals surface area contributed by atoms with Crippen LogP contribution in [0.4, 0.5) is 4.79 Å². The lowest BCUT2D eigenvalue weighted by atomic mass is 10.3. The number of aromatic nitrogens is 1. The van der Waals surface area contributed by atoms with Crippen LogP contribution in [0.25, 0.3) is 0 Å². The molecule has 17 heavy (non-hydrogen) atoms. The molecule has 0 aliphatic heterocycles. The third-order valence-electron chi connectivity index (χ3n) is 2.26. The number of aliphatic hydroxyl groups excluding tert-OH is 1. The highest BCUT2D eigenvalue weighted by Gasteiger charge is 2.06. The van der Waals surface area contributed by atoms with Crippen LogP contribution in [0.2, 0.25) is 0 Å². The van der Waals surface area contributed by atoms with Crippen molar-refractivity contribution in [3.05, 3.63) is 15.6 Å². The van der Waals surface area contributed by atoms with Crippen molar-refractivity contribution in [3.63, 3.8) is 0 Å². The lowest BCUT2D eigenvalue weighted by Crippen LogP contribution is -2.36. The first-order valence-electron chi connectivity index (χ1n) is 5.61. The van der Waals surface area contributed by atoms with Crippen LogP contribution in [0.15, 0.2) is 0 Å². The van der Waals surface area contributed by atoms with Gasteiger partial charge in [0.1, 0.15) is 0 Å². The van der Waals surface area contributed by atoms with Gasteiger partial charge in [0, 0.05) is 11.4 Å². The van der Waals surface area contributed by atoms with Crippen LogP contribution in [0.1, 0.15) is 28.9 Å². The molecule has 0 saturated carbocycles. The van der Waals surface area contributed by atoms with Gasteiger partial charge in [-0.15, -0.1) is 11.3 Å². The fourth-order valence-corrected chi connectivity index (χ4v) is 2.23. The largest absolute Gasteiger partial charge is 0.393 e. The quantitative estimate of drug-likeness (QED) is 0.745. The molecule has 0 fully saturated rings. The van der Waals surface area contributed by atoms with Crippen molar-refractivity contribution in [2.75, 3.05) is 6.54 Å². The molecular formula is C11H19N3O2S. The van der Waals surface area contributed by atoms with Crippen molar-refractivity contribution < 1.29 is 9.90 Å². The van der Waals surface area contributed by atoms with E-state index < -0.39 is 0 Å². The summed E-state index contributed by atoms with van der Waals surface area (Å²) in [6, 6.07) is -0.212. The highest BCUT2D eigenvalue weighted by molar-refractivity contribution is 7.11. The zero-order chi connectivity index (χ0) is 12.8. The summed E-state index contributed by atoms with van der Waals surface area (Å²) in [6.45, 7) is 6.56. The third kappa shape index (κ3) is 5.14. The number of carbonyl (C=O) groups is 1. The minimum Gasteiger partial charge on any atom is -0.393 e. The molecule has 1 aromatic rings. The number of hydrogen-bond donors (Lipinski definition) is 3. The van der Waals surface area contributed by atoms with E-state index in [9.17, 15) is 4.79 Å². The molecule has 5 nitrogen and oxygen atoms in total. The Balaban J connectivity index is 2.26. The van der Waals surface area contributed by atoms with Crippen LogP contribution in [-0.2, 0) is 6.54 Å². The summed E-state index contributed by atoms with van der Waals surface area (Å²) in [4.78, 5) is 16.8. The molecule has 6 heteroatoms. The molecule has 0 bridgehead atoms. The number of aliphatic hydroxyl groups is 1. The van der Waals surface area contributed by atoms with Gasteiger partial charge in [-0.1, -0.05) is 0 Å². The van der Waals surface area contributed by atoms with E-state index in [-0.39, 0.29) is 12.1 Å². The van der Waals surface area contributed by atoms with Crippen molar-refractivity contribution >= 4 is 17.4 Å². The van der Waals surface area contributed by atoms with Crippen LogP contribution in [-0.4, -0.2) is 28.8 Å². The molecule has 1 aromatic heterocycles. The molecule has 1 atom stereocenters. The second kappa shape index (κ2) is 6.56. The molecule has 0 aliphatic carbocycles.